The summed E-state index contributed by atoms with van der Waals surface area (Å²) >= 11 is 0. The van der Waals surface area contributed by atoms with Crippen molar-refractivity contribution in [3.05, 3.63) is 35.4 Å². The number of likely N-dealkylation sites (tertiary alicyclic amines) is 1. The molecule has 0 spiro atoms. The highest BCUT2D eigenvalue weighted by Gasteiger charge is 2.47. The molecule has 0 aliphatic carbocycles. The van der Waals surface area contributed by atoms with E-state index in [1.807, 2.05) is 11.0 Å². The summed E-state index contributed by atoms with van der Waals surface area (Å²) in [5, 5.41) is 19.3. The van der Waals surface area contributed by atoms with E-state index in [1.54, 1.807) is 25.1 Å². The fourth-order valence-corrected chi connectivity index (χ4v) is 5.54. The lowest BCUT2D eigenvalue weighted by atomic mass is 9.72. The van der Waals surface area contributed by atoms with Crippen LogP contribution in [0.5, 0.6) is 0 Å². The molecule has 8 heteroatoms. The van der Waals surface area contributed by atoms with E-state index in [1.165, 1.54) is 19.3 Å². The van der Waals surface area contributed by atoms with Crippen molar-refractivity contribution >= 4 is 18.3 Å². The predicted molar refractivity (Wildman–Crippen MR) is 114 cm³/mol. The summed E-state index contributed by atoms with van der Waals surface area (Å²) < 4.78 is 0. The number of nitriles is 1. The summed E-state index contributed by atoms with van der Waals surface area (Å²) in [5.74, 6) is 0.806. The number of rotatable bonds is 3. The fourth-order valence-electron chi connectivity index (χ4n) is 5.54. The van der Waals surface area contributed by atoms with Gasteiger partial charge in [0.2, 0.25) is 5.91 Å². The Hall–Kier alpha value is -2.92. The average molecular weight is 427 g/mol. The Morgan fingerprint density at radius 1 is 1.26 bits per heavy atom. The number of fused-ring (bicyclic) bond motifs is 4. The van der Waals surface area contributed by atoms with Gasteiger partial charge in [-0.25, -0.2) is 0 Å². The van der Waals surface area contributed by atoms with Gasteiger partial charge in [-0.2, -0.15) is 5.26 Å². The molecule has 4 atom stereocenters. The zero-order valence-electron chi connectivity index (χ0n) is 17.9. The summed E-state index contributed by atoms with van der Waals surface area (Å²) in [7, 11) is 0. The van der Waals surface area contributed by atoms with Crippen molar-refractivity contribution in [1.82, 2.24) is 15.1 Å². The Kier molecular flexibility index (Phi) is 7.64. The van der Waals surface area contributed by atoms with Gasteiger partial charge in [-0.15, -0.1) is 0 Å². The molecule has 4 rings (SSSR count). The van der Waals surface area contributed by atoms with Gasteiger partial charge in [-0.1, -0.05) is 18.6 Å². The Balaban J connectivity index is 0.000000858. The van der Waals surface area contributed by atoms with Gasteiger partial charge in [-0.05, 0) is 49.8 Å². The lowest BCUT2D eigenvalue weighted by molar-refractivity contribution is -0.123. The van der Waals surface area contributed by atoms with Crippen LogP contribution in [0.15, 0.2) is 24.3 Å². The second-order valence-corrected chi connectivity index (χ2v) is 8.53. The van der Waals surface area contributed by atoms with Crippen LogP contribution in [0.4, 0.5) is 0 Å². The lowest BCUT2D eigenvalue weighted by Crippen LogP contribution is -2.66. The smallest absolute Gasteiger partial charge is 0.290 e. The molecule has 0 aromatic heterocycles. The number of hydrogen-bond donors (Lipinski definition) is 2. The molecule has 1 aromatic rings. The van der Waals surface area contributed by atoms with E-state index in [2.05, 4.69) is 16.3 Å². The topological polar surface area (TPSA) is 114 Å². The molecule has 3 aliphatic heterocycles. The third-order valence-corrected chi connectivity index (χ3v) is 6.75. The van der Waals surface area contributed by atoms with Crippen LogP contribution in [0, 0.1) is 23.2 Å². The molecule has 0 radical (unpaired) electrons. The van der Waals surface area contributed by atoms with E-state index in [-0.39, 0.29) is 24.3 Å². The number of benzene rings is 1. The van der Waals surface area contributed by atoms with Crippen LogP contribution in [0.3, 0.4) is 0 Å². The van der Waals surface area contributed by atoms with E-state index in [4.69, 9.17) is 9.90 Å². The van der Waals surface area contributed by atoms with Crippen molar-refractivity contribution < 1.29 is 19.5 Å². The Bertz CT molecular complexity index is 852. The van der Waals surface area contributed by atoms with Crippen molar-refractivity contribution in [1.29, 1.82) is 5.26 Å². The van der Waals surface area contributed by atoms with E-state index in [9.17, 15) is 14.9 Å². The van der Waals surface area contributed by atoms with Crippen molar-refractivity contribution in [3.8, 4) is 6.07 Å². The quantitative estimate of drug-likeness (QED) is 0.712. The molecular formula is C23H30N4O4. The van der Waals surface area contributed by atoms with Crippen molar-refractivity contribution in [2.45, 2.75) is 44.7 Å². The summed E-state index contributed by atoms with van der Waals surface area (Å²) in [6.45, 7) is 4.52. The standard InChI is InChI=1S/C22H28N4O2.CH2O2/c1-15(27)24-12-21-18-10-17(20-8-4-5-9-26(20)21)13-25(14-18)22(28)19-7-3-2-6-16(19)11-23;2-1-3/h2-3,6-7,17-18,20-21H,4-5,8-10,12-14H2,1H3,(H,24,27);1H,(H,2,3)/t17-,18+,20+,21+;/m1./s1. The first kappa shape index (κ1) is 22.8. The fraction of sp³-hybridized carbons (Fsp3) is 0.565. The van der Waals surface area contributed by atoms with Gasteiger partial charge in [0.25, 0.3) is 12.4 Å². The number of carbonyl (C=O) groups excluding carboxylic acids is 2. The molecule has 0 unspecified atom stereocenters. The van der Waals surface area contributed by atoms with Gasteiger partial charge >= 0.3 is 0 Å². The summed E-state index contributed by atoms with van der Waals surface area (Å²) in [6.07, 6.45) is 4.74. The van der Waals surface area contributed by atoms with Gasteiger partial charge in [0.1, 0.15) is 0 Å². The first-order chi connectivity index (χ1) is 15.0. The molecule has 2 bridgehead atoms. The Morgan fingerprint density at radius 2 is 1.97 bits per heavy atom. The number of nitrogens with one attached hydrogen (secondary N) is 1. The third kappa shape index (κ3) is 5.05. The number of carbonyl (C=O) groups is 3. The summed E-state index contributed by atoms with van der Waals surface area (Å²) in [4.78, 5) is 37.7. The van der Waals surface area contributed by atoms with Gasteiger partial charge in [0.15, 0.2) is 0 Å². The molecule has 3 saturated heterocycles. The predicted octanol–water partition coefficient (Wildman–Crippen LogP) is 1.71. The average Bonchev–Trinajstić information content (AvgIpc) is 2.78. The minimum absolute atomic E-state index is 0.00220. The molecule has 3 heterocycles. The van der Waals surface area contributed by atoms with Gasteiger partial charge in [0.05, 0.1) is 17.2 Å². The molecule has 8 nitrogen and oxygen atoms in total. The minimum Gasteiger partial charge on any atom is -0.483 e. The van der Waals surface area contributed by atoms with Crippen LogP contribution in [0.1, 0.15) is 48.5 Å². The maximum absolute atomic E-state index is 13.2. The molecule has 3 aliphatic rings. The van der Waals surface area contributed by atoms with E-state index >= 15 is 0 Å². The van der Waals surface area contributed by atoms with Crippen LogP contribution in [-0.4, -0.2) is 71.5 Å². The molecular weight excluding hydrogens is 396 g/mol. The van der Waals surface area contributed by atoms with E-state index in [0.717, 1.165) is 19.5 Å². The molecule has 2 N–H and O–H groups in total. The van der Waals surface area contributed by atoms with Crippen LogP contribution >= 0.6 is 0 Å². The number of nitrogens with zero attached hydrogens (tertiary/aromatic N) is 3. The van der Waals surface area contributed by atoms with Crippen LogP contribution in [0.25, 0.3) is 0 Å². The summed E-state index contributed by atoms with van der Waals surface area (Å²) in [5.41, 5.74) is 0.946. The Labute approximate surface area is 182 Å². The lowest BCUT2D eigenvalue weighted by Gasteiger charge is -2.56. The zero-order valence-corrected chi connectivity index (χ0v) is 17.9. The van der Waals surface area contributed by atoms with Crippen LogP contribution in [0.2, 0.25) is 0 Å². The second-order valence-electron chi connectivity index (χ2n) is 8.53. The SMILES string of the molecule is CC(=O)NC[C@H]1[C@H]2C[C@H](CN(C(=O)c3ccccc3C#N)C2)[C@@H]2CCCCN21.O=CO. The highest BCUT2D eigenvalue weighted by Crippen LogP contribution is 2.41. The molecule has 0 saturated carbocycles. The molecule has 166 valence electrons. The summed E-state index contributed by atoms with van der Waals surface area (Å²) in [6, 6.07) is 10.0. The van der Waals surface area contributed by atoms with Crippen molar-refractivity contribution in [2.24, 2.45) is 11.8 Å². The minimum atomic E-state index is -0.250. The van der Waals surface area contributed by atoms with E-state index in [0.29, 0.717) is 42.1 Å². The monoisotopic (exact) mass is 426 g/mol. The van der Waals surface area contributed by atoms with Crippen LogP contribution < -0.4 is 5.32 Å². The first-order valence-electron chi connectivity index (χ1n) is 10.9. The normalized spacial score (nSPS) is 27.0. The molecule has 2 amide bonds. The van der Waals surface area contributed by atoms with E-state index < -0.39 is 0 Å². The molecule has 3 fully saturated rings. The van der Waals surface area contributed by atoms with Crippen molar-refractivity contribution in [3.63, 3.8) is 0 Å². The number of amides is 2. The van der Waals surface area contributed by atoms with Gasteiger partial charge in [-0.3, -0.25) is 19.3 Å². The first-order valence-corrected chi connectivity index (χ1v) is 10.9. The maximum Gasteiger partial charge on any atom is 0.290 e. The Morgan fingerprint density at radius 3 is 2.68 bits per heavy atom. The highest BCUT2D eigenvalue weighted by molar-refractivity contribution is 5.96. The van der Waals surface area contributed by atoms with Crippen LogP contribution in [-0.2, 0) is 9.59 Å². The van der Waals surface area contributed by atoms with Crippen molar-refractivity contribution in [2.75, 3.05) is 26.2 Å². The number of piperidine rings is 3. The third-order valence-electron chi connectivity index (χ3n) is 6.75. The number of hydrogen-bond acceptors (Lipinski definition) is 5. The maximum atomic E-state index is 13.2. The zero-order chi connectivity index (χ0) is 22.4. The second kappa shape index (κ2) is 10.4. The largest absolute Gasteiger partial charge is 0.483 e. The molecule has 1 aromatic carbocycles. The van der Waals surface area contributed by atoms with Gasteiger partial charge in [0, 0.05) is 38.6 Å². The molecule has 31 heavy (non-hydrogen) atoms. The highest BCUT2D eigenvalue weighted by atomic mass is 16.3. The van der Waals surface area contributed by atoms with Gasteiger partial charge < -0.3 is 15.3 Å². The number of carboxylic acid groups (broad SMARTS) is 1.